The lowest BCUT2D eigenvalue weighted by molar-refractivity contribution is 0.202. The first-order valence-electron chi connectivity index (χ1n) is 7.82. The molecule has 1 aromatic rings. The molecular weight excluding hydrogens is 389 g/mol. The molecule has 0 aromatic heterocycles. The number of unbranched alkanes of at least 4 members (excludes halogenated alkanes) is 1. The molecule has 4 nitrogen and oxygen atoms in total. The summed E-state index contributed by atoms with van der Waals surface area (Å²) in [5.74, 6) is 0.779. The van der Waals surface area contributed by atoms with Crippen LogP contribution in [0.5, 0.6) is 0 Å². The lowest BCUT2D eigenvalue weighted by Crippen LogP contribution is -2.45. The van der Waals surface area contributed by atoms with Crippen LogP contribution in [-0.2, 0) is 6.42 Å². The van der Waals surface area contributed by atoms with Crippen LogP contribution in [0, 0.1) is 6.92 Å². The summed E-state index contributed by atoms with van der Waals surface area (Å²) in [4.78, 5) is 13.9. The largest absolute Gasteiger partial charge is 0.342 e. The quantitative estimate of drug-likeness (QED) is 0.403. The fraction of sp³-hybridized carbons (Fsp3) is 0.471. The van der Waals surface area contributed by atoms with E-state index >= 15 is 0 Å². The predicted octanol–water partition coefficient (Wildman–Crippen LogP) is 4.05. The van der Waals surface area contributed by atoms with Gasteiger partial charge < -0.3 is 10.2 Å². The minimum atomic E-state index is -0.0127. The molecule has 22 heavy (non-hydrogen) atoms. The van der Waals surface area contributed by atoms with Crippen LogP contribution >= 0.6 is 22.6 Å². The molecule has 1 heterocycles. The first kappa shape index (κ1) is 17.1. The molecule has 0 spiro atoms. The number of carbonyl (C=O) groups is 1. The highest BCUT2D eigenvalue weighted by molar-refractivity contribution is 14.1. The summed E-state index contributed by atoms with van der Waals surface area (Å²) in [5, 5.41) is 6.23. The van der Waals surface area contributed by atoms with Gasteiger partial charge in [-0.05, 0) is 59.9 Å². The van der Waals surface area contributed by atoms with Crippen LogP contribution in [0.1, 0.15) is 30.9 Å². The van der Waals surface area contributed by atoms with Crippen LogP contribution < -0.4 is 10.6 Å². The Morgan fingerprint density at radius 2 is 2.18 bits per heavy atom. The second-order valence-electron chi connectivity index (χ2n) is 5.51. The third-order valence-electron chi connectivity index (χ3n) is 3.87. The molecule has 0 atom stereocenters. The topological polar surface area (TPSA) is 44.4 Å². The van der Waals surface area contributed by atoms with Crippen LogP contribution in [0.4, 0.5) is 10.5 Å². The molecule has 0 unspecified atom stereocenters. The van der Waals surface area contributed by atoms with Gasteiger partial charge >= 0.3 is 6.03 Å². The molecule has 2 rings (SSSR count). The van der Waals surface area contributed by atoms with Gasteiger partial charge in [0.25, 0.3) is 0 Å². The zero-order chi connectivity index (χ0) is 15.9. The van der Waals surface area contributed by atoms with Crippen molar-refractivity contribution in [3.05, 3.63) is 41.2 Å². The van der Waals surface area contributed by atoms with Gasteiger partial charge in [0.15, 0.2) is 0 Å². The van der Waals surface area contributed by atoms with Gasteiger partial charge in [-0.15, -0.1) is 0 Å². The Hall–Kier alpha value is -1.24. The van der Waals surface area contributed by atoms with Crippen LogP contribution in [0.25, 0.3) is 0 Å². The summed E-state index contributed by atoms with van der Waals surface area (Å²) in [7, 11) is 0. The number of carbonyl (C=O) groups excluding carboxylic acids is 1. The van der Waals surface area contributed by atoms with Gasteiger partial charge in [0.05, 0.1) is 0 Å². The molecule has 0 saturated heterocycles. The van der Waals surface area contributed by atoms with Gasteiger partial charge in [-0.2, -0.15) is 0 Å². The molecule has 0 fully saturated rings. The van der Waals surface area contributed by atoms with E-state index in [0.29, 0.717) is 6.54 Å². The van der Waals surface area contributed by atoms with E-state index in [1.165, 1.54) is 11.1 Å². The number of urea groups is 1. The van der Waals surface area contributed by atoms with E-state index < -0.39 is 0 Å². The summed E-state index contributed by atoms with van der Waals surface area (Å²) in [6, 6.07) is 6.30. The zero-order valence-corrected chi connectivity index (χ0v) is 15.4. The highest BCUT2D eigenvalue weighted by atomic mass is 127. The number of halogens is 1. The number of hydrogen-bond donors (Lipinski definition) is 2. The van der Waals surface area contributed by atoms with E-state index in [2.05, 4.69) is 59.2 Å². The zero-order valence-electron chi connectivity index (χ0n) is 13.3. The summed E-state index contributed by atoms with van der Waals surface area (Å²) in [6.45, 7) is 5.77. The van der Waals surface area contributed by atoms with E-state index in [1.54, 1.807) is 0 Å². The third kappa shape index (κ3) is 4.63. The normalized spacial score (nSPS) is 14.6. The number of rotatable bonds is 7. The standard InChI is InChI=1S/C17H24IN3O/c1-3-14-12-15(7-6-13(14)2)19-16-8-11-21(17(22)20-16)10-5-4-9-18/h6-8,12,19H,3-5,9-11H2,1-2H3,(H,20,22). The number of hydrogen-bond acceptors (Lipinski definition) is 2. The number of anilines is 1. The predicted molar refractivity (Wildman–Crippen MR) is 100 cm³/mol. The SMILES string of the molecule is CCc1cc(NC2=CCN(CCCCI)C(=O)N2)ccc1C. The molecule has 1 aliphatic rings. The Bertz CT molecular complexity index is 557. The van der Waals surface area contributed by atoms with Crippen LogP contribution in [0.2, 0.25) is 0 Å². The van der Waals surface area contributed by atoms with Crippen LogP contribution in [0.3, 0.4) is 0 Å². The molecule has 0 radical (unpaired) electrons. The van der Waals surface area contributed by atoms with Crippen LogP contribution in [0.15, 0.2) is 30.1 Å². The average Bonchev–Trinajstić information content (AvgIpc) is 2.51. The van der Waals surface area contributed by atoms with Crippen molar-refractivity contribution in [1.82, 2.24) is 10.2 Å². The fourth-order valence-corrected chi connectivity index (χ4v) is 3.03. The first-order valence-corrected chi connectivity index (χ1v) is 9.35. The van der Waals surface area contributed by atoms with Crippen molar-refractivity contribution in [3.8, 4) is 0 Å². The molecule has 5 heteroatoms. The van der Waals surface area contributed by atoms with Crippen molar-refractivity contribution < 1.29 is 4.79 Å². The molecule has 0 saturated carbocycles. The van der Waals surface area contributed by atoms with Crippen molar-refractivity contribution >= 4 is 34.3 Å². The average molecular weight is 413 g/mol. The summed E-state index contributed by atoms with van der Waals surface area (Å²) in [6.07, 6.45) is 5.27. The summed E-state index contributed by atoms with van der Waals surface area (Å²) in [5.41, 5.74) is 3.65. The van der Waals surface area contributed by atoms with Gasteiger partial charge in [0.2, 0.25) is 0 Å². The Balaban J connectivity index is 1.95. The van der Waals surface area contributed by atoms with Gasteiger partial charge in [-0.3, -0.25) is 5.32 Å². The molecule has 120 valence electrons. The highest BCUT2D eigenvalue weighted by Crippen LogP contribution is 2.17. The number of benzene rings is 1. The van der Waals surface area contributed by atoms with Crippen LogP contribution in [-0.4, -0.2) is 28.4 Å². The molecule has 0 bridgehead atoms. The molecule has 0 aliphatic carbocycles. The Kier molecular flexibility index (Phi) is 6.54. The third-order valence-corrected chi connectivity index (χ3v) is 4.63. The maximum absolute atomic E-state index is 12.1. The summed E-state index contributed by atoms with van der Waals surface area (Å²) < 4.78 is 1.14. The Morgan fingerprint density at radius 3 is 2.86 bits per heavy atom. The van der Waals surface area contributed by atoms with E-state index in [4.69, 9.17) is 0 Å². The Morgan fingerprint density at radius 1 is 1.36 bits per heavy atom. The monoisotopic (exact) mass is 413 g/mol. The lowest BCUT2D eigenvalue weighted by Gasteiger charge is -2.27. The number of aryl methyl sites for hydroxylation is 2. The van der Waals surface area contributed by atoms with Gasteiger partial charge in [0, 0.05) is 18.8 Å². The second-order valence-corrected chi connectivity index (χ2v) is 6.59. The molecule has 2 N–H and O–H groups in total. The highest BCUT2D eigenvalue weighted by Gasteiger charge is 2.18. The molecule has 2 amide bonds. The fourth-order valence-electron chi connectivity index (χ4n) is 2.49. The minimum absolute atomic E-state index is 0.0127. The Labute approximate surface area is 146 Å². The van der Waals surface area contributed by atoms with Crippen molar-refractivity contribution in [3.63, 3.8) is 0 Å². The second kappa shape index (κ2) is 8.41. The van der Waals surface area contributed by atoms with E-state index in [0.717, 1.165) is 41.7 Å². The maximum atomic E-state index is 12.1. The molecular formula is C17H24IN3O. The van der Waals surface area contributed by atoms with Crippen molar-refractivity contribution in [1.29, 1.82) is 0 Å². The van der Waals surface area contributed by atoms with Crippen molar-refractivity contribution in [2.24, 2.45) is 0 Å². The maximum Gasteiger partial charge on any atom is 0.323 e. The van der Waals surface area contributed by atoms with E-state index in [1.807, 2.05) is 17.0 Å². The number of nitrogens with one attached hydrogen (secondary N) is 2. The van der Waals surface area contributed by atoms with E-state index in [-0.39, 0.29) is 6.03 Å². The number of amides is 2. The number of alkyl halides is 1. The molecule has 1 aliphatic heterocycles. The van der Waals surface area contributed by atoms with Crippen molar-refractivity contribution in [2.75, 3.05) is 22.8 Å². The lowest BCUT2D eigenvalue weighted by atomic mass is 10.1. The van der Waals surface area contributed by atoms with Gasteiger partial charge in [-0.25, -0.2) is 4.79 Å². The summed E-state index contributed by atoms with van der Waals surface area (Å²) >= 11 is 2.37. The smallest absolute Gasteiger partial charge is 0.323 e. The van der Waals surface area contributed by atoms with Gasteiger partial charge in [0.1, 0.15) is 5.82 Å². The number of nitrogens with zero attached hydrogens (tertiary/aromatic N) is 1. The van der Waals surface area contributed by atoms with Gasteiger partial charge in [-0.1, -0.05) is 35.6 Å². The first-order chi connectivity index (χ1) is 10.6. The molecule has 1 aromatic carbocycles. The van der Waals surface area contributed by atoms with Crippen molar-refractivity contribution in [2.45, 2.75) is 33.1 Å². The van der Waals surface area contributed by atoms with E-state index in [9.17, 15) is 4.79 Å². The minimum Gasteiger partial charge on any atom is -0.342 e.